The molecule has 1 aromatic carbocycles. The number of benzene rings is 1. The molecule has 3 heteroatoms. The van der Waals surface area contributed by atoms with Gasteiger partial charge in [-0.1, -0.05) is 0 Å². The standard InChI is InChI=1S/C17H18ClFS/c1-10-7-13(19)8-11(2)16(10)17(18)15-9-12-5-3-4-6-14(12)20-15/h7-9,17H,3-6H2,1-2H3. The first-order chi connectivity index (χ1) is 9.56. The van der Waals surface area contributed by atoms with Crippen LogP contribution in [-0.4, -0.2) is 0 Å². The molecule has 0 bridgehead atoms. The zero-order chi connectivity index (χ0) is 14.3. The number of halogens is 2. The average molecular weight is 309 g/mol. The molecule has 1 aromatic heterocycles. The van der Waals surface area contributed by atoms with E-state index in [1.807, 2.05) is 25.2 Å². The minimum atomic E-state index is -0.182. The van der Waals surface area contributed by atoms with Gasteiger partial charge < -0.3 is 0 Å². The summed E-state index contributed by atoms with van der Waals surface area (Å²) in [6, 6.07) is 5.41. The number of hydrogen-bond acceptors (Lipinski definition) is 1. The van der Waals surface area contributed by atoms with Crippen molar-refractivity contribution >= 4 is 22.9 Å². The van der Waals surface area contributed by atoms with Crippen LogP contribution in [0.2, 0.25) is 0 Å². The fourth-order valence-electron chi connectivity index (χ4n) is 3.10. The zero-order valence-corrected chi connectivity index (χ0v) is 13.4. The highest BCUT2D eigenvalue weighted by Gasteiger charge is 2.21. The highest BCUT2D eigenvalue weighted by Crippen LogP contribution is 2.40. The molecule has 1 aliphatic carbocycles. The van der Waals surface area contributed by atoms with Crippen molar-refractivity contribution in [2.75, 3.05) is 0 Å². The maximum Gasteiger partial charge on any atom is 0.123 e. The van der Waals surface area contributed by atoms with Crippen molar-refractivity contribution in [3.05, 3.63) is 56.0 Å². The predicted molar refractivity (Wildman–Crippen MR) is 84.5 cm³/mol. The second-order valence-electron chi connectivity index (χ2n) is 5.62. The Balaban J connectivity index is 2.00. The van der Waals surface area contributed by atoms with Gasteiger partial charge >= 0.3 is 0 Å². The molecule has 1 heterocycles. The second-order valence-corrected chi connectivity index (χ2v) is 7.22. The lowest BCUT2D eigenvalue weighted by Gasteiger charge is -2.14. The fraction of sp³-hybridized carbons (Fsp3) is 0.412. The molecule has 106 valence electrons. The van der Waals surface area contributed by atoms with Crippen molar-refractivity contribution in [1.82, 2.24) is 0 Å². The van der Waals surface area contributed by atoms with Gasteiger partial charge in [-0.2, -0.15) is 0 Å². The Bertz CT molecular complexity index is 598. The van der Waals surface area contributed by atoms with Gasteiger partial charge in [-0.05, 0) is 80.0 Å². The normalized spacial score (nSPS) is 16.0. The summed E-state index contributed by atoms with van der Waals surface area (Å²) >= 11 is 8.54. The van der Waals surface area contributed by atoms with Gasteiger partial charge in [0.05, 0.1) is 5.38 Å². The summed E-state index contributed by atoms with van der Waals surface area (Å²) in [5, 5.41) is -0.161. The van der Waals surface area contributed by atoms with Crippen LogP contribution in [0.1, 0.15) is 50.2 Å². The third kappa shape index (κ3) is 2.51. The summed E-state index contributed by atoms with van der Waals surface area (Å²) in [7, 11) is 0. The van der Waals surface area contributed by atoms with E-state index in [0.29, 0.717) is 0 Å². The first-order valence-corrected chi connectivity index (χ1v) is 8.33. The molecule has 20 heavy (non-hydrogen) atoms. The number of hydrogen-bond donors (Lipinski definition) is 0. The molecular formula is C17H18ClFS. The Labute approximate surface area is 128 Å². The molecule has 0 aliphatic heterocycles. The van der Waals surface area contributed by atoms with Crippen LogP contribution < -0.4 is 0 Å². The summed E-state index contributed by atoms with van der Waals surface area (Å²) in [6.07, 6.45) is 4.93. The van der Waals surface area contributed by atoms with Crippen LogP contribution in [0.5, 0.6) is 0 Å². The van der Waals surface area contributed by atoms with Crippen molar-refractivity contribution in [2.45, 2.75) is 44.9 Å². The number of alkyl halides is 1. The highest BCUT2D eigenvalue weighted by atomic mass is 35.5. The van der Waals surface area contributed by atoms with E-state index in [4.69, 9.17) is 11.6 Å². The van der Waals surface area contributed by atoms with Crippen LogP contribution in [0.3, 0.4) is 0 Å². The smallest absolute Gasteiger partial charge is 0.123 e. The summed E-state index contributed by atoms with van der Waals surface area (Å²) in [5.74, 6) is -0.182. The van der Waals surface area contributed by atoms with Crippen LogP contribution in [0.25, 0.3) is 0 Å². The van der Waals surface area contributed by atoms with Crippen LogP contribution >= 0.6 is 22.9 Å². The van der Waals surface area contributed by atoms with Gasteiger partial charge in [0, 0.05) is 9.75 Å². The molecule has 0 spiro atoms. The van der Waals surface area contributed by atoms with Crippen molar-refractivity contribution in [1.29, 1.82) is 0 Å². The van der Waals surface area contributed by atoms with E-state index in [1.165, 1.54) is 41.0 Å². The molecular weight excluding hydrogens is 291 g/mol. The first kappa shape index (κ1) is 14.1. The van der Waals surface area contributed by atoms with E-state index in [1.54, 1.807) is 12.1 Å². The van der Waals surface area contributed by atoms with E-state index in [2.05, 4.69) is 6.07 Å². The monoisotopic (exact) mass is 308 g/mol. The van der Waals surface area contributed by atoms with E-state index in [9.17, 15) is 4.39 Å². The highest BCUT2D eigenvalue weighted by molar-refractivity contribution is 7.12. The van der Waals surface area contributed by atoms with Crippen LogP contribution in [0.4, 0.5) is 4.39 Å². The van der Waals surface area contributed by atoms with Gasteiger partial charge in [0.1, 0.15) is 5.82 Å². The van der Waals surface area contributed by atoms with E-state index < -0.39 is 0 Å². The van der Waals surface area contributed by atoms with E-state index in [0.717, 1.165) is 16.7 Å². The van der Waals surface area contributed by atoms with E-state index in [-0.39, 0.29) is 11.2 Å². The third-order valence-electron chi connectivity index (χ3n) is 4.08. The largest absolute Gasteiger partial charge is 0.207 e. The maximum atomic E-state index is 13.4. The van der Waals surface area contributed by atoms with Gasteiger partial charge in [0.2, 0.25) is 0 Å². The summed E-state index contributed by atoms with van der Waals surface area (Å²) in [5.41, 5.74) is 4.41. The van der Waals surface area contributed by atoms with Crippen molar-refractivity contribution in [2.24, 2.45) is 0 Å². The second kappa shape index (κ2) is 5.50. The lowest BCUT2D eigenvalue weighted by molar-refractivity contribution is 0.624. The molecule has 1 atom stereocenters. The molecule has 0 N–H and O–H groups in total. The summed E-state index contributed by atoms with van der Waals surface area (Å²) in [6.45, 7) is 3.88. The van der Waals surface area contributed by atoms with Crippen molar-refractivity contribution < 1.29 is 4.39 Å². The van der Waals surface area contributed by atoms with Crippen molar-refractivity contribution in [3.63, 3.8) is 0 Å². The minimum absolute atomic E-state index is 0.161. The predicted octanol–water partition coefficient (Wildman–Crippen LogP) is 5.71. The minimum Gasteiger partial charge on any atom is -0.207 e. The molecule has 0 fully saturated rings. The zero-order valence-electron chi connectivity index (χ0n) is 11.8. The Morgan fingerprint density at radius 1 is 1.10 bits per heavy atom. The maximum absolute atomic E-state index is 13.4. The van der Waals surface area contributed by atoms with Gasteiger partial charge in [-0.15, -0.1) is 22.9 Å². The Morgan fingerprint density at radius 3 is 2.40 bits per heavy atom. The molecule has 1 aliphatic rings. The van der Waals surface area contributed by atoms with Gasteiger partial charge in [-0.25, -0.2) is 4.39 Å². The van der Waals surface area contributed by atoms with Gasteiger partial charge in [-0.3, -0.25) is 0 Å². The number of aryl methyl sites for hydroxylation is 4. The average Bonchev–Trinajstić information content (AvgIpc) is 2.81. The van der Waals surface area contributed by atoms with Crippen LogP contribution in [0.15, 0.2) is 18.2 Å². The fourth-order valence-corrected chi connectivity index (χ4v) is 4.89. The lowest BCUT2D eigenvalue weighted by atomic mass is 9.96. The summed E-state index contributed by atoms with van der Waals surface area (Å²) in [4.78, 5) is 2.70. The topological polar surface area (TPSA) is 0 Å². The third-order valence-corrected chi connectivity index (χ3v) is 5.96. The number of rotatable bonds is 2. The van der Waals surface area contributed by atoms with Crippen molar-refractivity contribution in [3.8, 4) is 0 Å². The van der Waals surface area contributed by atoms with Crippen LogP contribution in [0, 0.1) is 19.7 Å². The summed E-state index contributed by atoms with van der Waals surface area (Å²) < 4.78 is 13.4. The molecule has 0 saturated heterocycles. The van der Waals surface area contributed by atoms with Gasteiger partial charge in [0.15, 0.2) is 0 Å². The molecule has 2 aromatic rings. The Hall–Kier alpha value is -0.860. The Kier molecular flexibility index (Phi) is 3.87. The van der Waals surface area contributed by atoms with E-state index >= 15 is 0 Å². The molecule has 3 rings (SSSR count). The molecule has 0 radical (unpaired) electrons. The Morgan fingerprint density at radius 2 is 1.75 bits per heavy atom. The molecule has 0 saturated carbocycles. The number of fused-ring (bicyclic) bond motifs is 1. The lowest BCUT2D eigenvalue weighted by Crippen LogP contribution is -1.99. The first-order valence-electron chi connectivity index (χ1n) is 7.08. The number of thiophene rings is 1. The van der Waals surface area contributed by atoms with Crippen LogP contribution in [-0.2, 0) is 12.8 Å². The molecule has 0 amide bonds. The molecule has 0 nitrogen and oxygen atoms in total. The molecule has 1 unspecified atom stereocenters. The SMILES string of the molecule is Cc1cc(F)cc(C)c1C(Cl)c1cc2c(s1)CCCC2. The quantitative estimate of drug-likeness (QED) is 0.623. The van der Waals surface area contributed by atoms with Gasteiger partial charge in [0.25, 0.3) is 0 Å².